The molecule has 0 aromatic rings. The quantitative estimate of drug-likeness (QED) is 0.554. The first-order chi connectivity index (χ1) is 4.52. The van der Waals surface area contributed by atoms with Gasteiger partial charge in [0.2, 0.25) is 0 Å². The summed E-state index contributed by atoms with van der Waals surface area (Å²) in [5.41, 5.74) is 4.62. The minimum atomic E-state index is -0.911. The predicted molar refractivity (Wildman–Crippen MR) is 34.3 cm³/mol. The summed E-state index contributed by atoms with van der Waals surface area (Å²) in [5, 5.41) is 1.75. The van der Waals surface area contributed by atoms with Gasteiger partial charge >= 0.3 is 12.1 Å². The van der Waals surface area contributed by atoms with Crippen molar-refractivity contribution < 1.29 is 14.3 Å². The molecule has 0 saturated heterocycles. The van der Waals surface area contributed by atoms with Crippen molar-refractivity contribution in [2.75, 3.05) is 0 Å². The highest BCUT2D eigenvalue weighted by Crippen LogP contribution is 1.86. The lowest BCUT2D eigenvalue weighted by molar-refractivity contribution is 0.118. The van der Waals surface area contributed by atoms with Crippen molar-refractivity contribution in [3.63, 3.8) is 0 Å². The van der Waals surface area contributed by atoms with Gasteiger partial charge in [-0.15, -0.1) is 0 Å². The van der Waals surface area contributed by atoms with Crippen LogP contribution in [0.5, 0.6) is 0 Å². The Morgan fingerprint density at radius 2 is 2.00 bits per heavy atom. The Bertz CT molecular complexity index is 144. The maximum absolute atomic E-state index is 10.4. The van der Waals surface area contributed by atoms with Gasteiger partial charge in [0.15, 0.2) is 0 Å². The van der Waals surface area contributed by atoms with Gasteiger partial charge in [0.05, 0.1) is 6.10 Å². The van der Waals surface area contributed by atoms with Crippen LogP contribution >= 0.6 is 0 Å². The minimum Gasteiger partial charge on any atom is -0.446 e. The number of hydrogen-bond donors (Lipinski definition) is 2. The van der Waals surface area contributed by atoms with Crippen LogP contribution in [0.25, 0.3) is 0 Å². The SMILES string of the molecule is CC(C)OC(=O)NC(N)=O. The number of alkyl carbamates (subject to hydrolysis) is 1. The zero-order valence-electron chi connectivity index (χ0n) is 5.88. The molecule has 0 spiro atoms. The first-order valence-corrected chi connectivity index (χ1v) is 2.79. The zero-order chi connectivity index (χ0) is 8.15. The molecule has 0 aromatic carbocycles. The zero-order valence-corrected chi connectivity index (χ0v) is 5.88. The fourth-order valence-electron chi connectivity index (χ4n) is 0.344. The smallest absolute Gasteiger partial charge is 0.415 e. The fourth-order valence-corrected chi connectivity index (χ4v) is 0.344. The summed E-state index contributed by atoms with van der Waals surface area (Å²) >= 11 is 0. The largest absolute Gasteiger partial charge is 0.446 e. The Hall–Kier alpha value is -1.26. The molecule has 0 atom stereocenters. The van der Waals surface area contributed by atoms with Crippen LogP contribution < -0.4 is 11.1 Å². The lowest BCUT2D eigenvalue weighted by Crippen LogP contribution is -2.36. The highest BCUT2D eigenvalue weighted by molar-refractivity contribution is 5.89. The van der Waals surface area contributed by atoms with E-state index in [0.29, 0.717) is 0 Å². The number of carbonyl (C=O) groups excluding carboxylic acids is 2. The van der Waals surface area contributed by atoms with Crippen molar-refractivity contribution >= 4 is 12.1 Å². The van der Waals surface area contributed by atoms with Gasteiger partial charge in [-0.05, 0) is 13.8 Å². The molecule has 0 unspecified atom stereocenters. The number of urea groups is 1. The number of amides is 3. The Kier molecular flexibility index (Phi) is 3.24. The van der Waals surface area contributed by atoms with Crippen LogP contribution in [-0.2, 0) is 4.74 Å². The molecule has 0 bridgehead atoms. The van der Waals surface area contributed by atoms with E-state index in [1.165, 1.54) is 0 Å². The maximum Gasteiger partial charge on any atom is 0.415 e. The van der Waals surface area contributed by atoms with E-state index in [1.807, 2.05) is 0 Å². The molecule has 58 valence electrons. The Morgan fingerprint density at radius 3 is 2.30 bits per heavy atom. The molecular formula is C5H10N2O3. The van der Waals surface area contributed by atoms with Gasteiger partial charge in [-0.1, -0.05) is 0 Å². The van der Waals surface area contributed by atoms with Crippen LogP contribution in [0.4, 0.5) is 9.59 Å². The van der Waals surface area contributed by atoms with Crippen molar-refractivity contribution in [2.45, 2.75) is 20.0 Å². The summed E-state index contributed by atoms with van der Waals surface area (Å²) in [6.07, 6.45) is -1.07. The van der Waals surface area contributed by atoms with Crippen molar-refractivity contribution in [1.29, 1.82) is 0 Å². The standard InChI is InChI=1S/C5H10N2O3/c1-3(2)10-5(9)7-4(6)8/h3H,1-2H3,(H3,6,7,8,9). The van der Waals surface area contributed by atoms with Gasteiger partial charge in [0, 0.05) is 0 Å². The van der Waals surface area contributed by atoms with Crippen LogP contribution in [0.15, 0.2) is 0 Å². The second-order valence-corrected chi connectivity index (χ2v) is 1.94. The third-order valence-electron chi connectivity index (χ3n) is 0.568. The molecular weight excluding hydrogens is 136 g/mol. The van der Waals surface area contributed by atoms with Crippen LogP contribution in [-0.4, -0.2) is 18.2 Å². The van der Waals surface area contributed by atoms with E-state index in [0.717, 1.165) is 0 Å². The molecule has 0 radical (unpaired) electrons. The average Bonchev–Trinajstić information content (AvgIpc) is 1.58. The van der Waals surface area contributed by atoms with Gasteiger partial charge in [-0.25, -0.2) is 14.9 Å². The van der Waals surface area contributed by atoms with Gasteiger partial charge < -0.3 is 10.5 Å². The molecule has 0 aliphatic rings. The molecule has 10 heavy (non-hydrogen) atoms. The third-order valence-corrected chi connectivity index (χ3v) is 0.568. The minimum absolute atomic E-state index is 0.251. The first kappa shape index (κ1) is 8.74. The van der Waals surface area contributed by atoms with Crippen LogP contribution in [0, 0.1) is 0 Å². The molecule has 0 saturated carbocycles. The first-order valence-electron chi connectivity index (χ1n) is 2.79. The number of imide groups is 1. The summed E-state index contributed by atoms with van der Waals surface area (Å²) in [6.45, 7) is 3.33. The number of carbonyl (C=O) groups is 2. The Balaban J connectivity index is 3.54. The van der Waals surface area contributed by atoms with Crippen molar-refractivity contribution in [3.8, 4) is 0 Å². The van der Waals surface area contributed by atoms with E-state index in [1.54, 1.807) is 19.2 Å². The van der Waals surface area contributed by atoms with Crippen molar-refractivity contribution in [1.82, 2.24) is 5.32 Å². The van der Waals surface area contributed by atoms with Crippen LogP contribution in [0.3, 0.4) is 0 Å². The van der Waals surface area contributed by atoms with Crippen molar-refractivity contribution in [3.05, 3.63) is 0 Å². The summed E-state index contributed by atoms with van der Waals surface area (Å²) in [4.78, 5) is 20.4. The average molecular weight is 146 g/mol. The van der Waals surface area contributed by atoms with E-state index < -0.39 is 12.1 Å². The molecule has 3 amide bonds. The van der Waals surface area contributed by atoms with Gasteiger partial charge in [-0.2, -0.15) is 0 Å². The monoisotopic (exact) mass is 146 g/mol. The van der Waals surface area contributed by atoms with E-state index >= 15 is 0 Å². The van der Waals surface area contributed by atoms with Crippen molar-refractivity contribution in [2.24, 2.45) is 5.73 Å². The molecule has 3 N–H and O–H groups in total. The molecule has 5 nitrogen and oxygen atoms in total. The lowest BCUT2D eigenvalue weighted by Gasteiger charge is -2.05. The lowest BCUT2D eigenvalue weighted by atomic mass is 10.5. The second-order valence-electron chi connectivity index (χ2n) is 1.94. The molecule has 5 heteroatoms. The molecule has 0 fully saturated rings. The molecule has 0 aliphatic carbocycles. The normalized spacial score (nSPS) is 9.10. The number of rotatable bonds is 1. The topological polar surface area (TPSA) is 81.4 Å². The molecule has 0 aliphatic heterocycles. The van der Waals surface area contributed by atoms with Crippen LogP contribution in [0.1, 0.15) is 13.8 Å². The van der Waals surface area contributed by atoms with Gasteiger partial charge in [0.1, 0.15) is 0 Å². The molecule has 0 aromatic heterocycles. The number of primary amides is 1. The highest BCUT2D eigenvalue weighted by Gasteiger charge is 2.05. The fraction of sp³-hybridized carbons (Fsp3) is 0.600. The molecule has 0 rings (SSSR count). The number of nitrogens with two attached hydrogens (primary N) is 1. The number of ether oxygens (including phenoxy) is 1. The highest BCUT2D eigenvalue weighted by atomic mass is 16.6. The third kappa shape index (κ3) is 4.89. The van der Waals surface area contributed by atoms with E-state index in [9.17, 15) is 9.59 Å². The van der Waals surface area contributed by atoms with E-state index in [4.69, 9.17) is 0 Å². The Labute approximate surface area is 58.5 Å². The predicted octanol–water partition coefficient (Wildman–Crippen LogP) is 0.200. The number of nitrogens with one attached hydrogen (secondary N) is 1. The number of hydrogen-bond acceptors (Lipinski definition) is 3. The van der Waals surface area contributed by atoms with Gasteiger partial charge in [-0.3, -0.25) is 0 Å². The Morgan fingerprint density at radius 1 is 1.50 bits per heavy atom. The van der Waals surface area contributed by atoms with E-state index in [2.05, 4.69) is 10.5 Å². The molecule has 0 heterocycles. The van der Waals surface area contributed by atoms with E-state index in [-0.39, 0.29) is 6.10 Å². The van der Waals surface area contributed by atoms with Crippen LogP contribution in [0.2, 0.25) is 0 Å². The summed E-state index contributed by atoms with van der Waals surface area (Å²) < 4.78 is 4.51. The van der Waals surface area contributed by atoms with Gasteiger partial charge in [0.25, 0.3) is 0 Å². The maximum atomic E-state index is 10.4. The summed E-state index contributed by atoms with van der Waals surface area (Å²) in [7, 11) is 0. The summed E-state index contributed by atoms with van der Waals surface area (Å²) in [6, 6.07) is -0.911. The summed E-state index contributed by atoms with van der Waals surface area (Å²) in [5.74, 6) is 0. The second kappa shape index (κ2) is 3.71.